The molecule has 3 N–H and O–H groups in total. The van der Waals surface area contributed by atoms with E-state index in [0.717, 1.165) is 5.56 Å². The van der Waals surface area contributed by atoms with Crippen molar-refractivity contribution < 1.29 is 9.63 Å². The fourth-order valence-electron chi connectivity index (χ4n) is 1.81. The van der Waals surface area contributed by atoms with E-state index in [2.05, 4.69) is 5.43 Å². The van der Waals surface area contributed by atoms with Gasteiger partial charge >= 0.3 is 0 Å². The van der Waals surface area contributed by atoms with Gasteiger partial charge in [-0.15, -0.1) is 0 Å². The molecule has 18 heavy (non-hydrogen) atoms. The van der Waals surface area contributed by atoms with Crippen molar-refractivity contribution in [2.45, 2.75) is 20.4 Å². The van der Waals surface area contributed by atoms with E-state index in [4.69, 9.17) is 22.3 Å². The van der Waals surface area contributed by atoms with Gasteiger partial charge in [0.2, 0.25) is 0 Å². The van der Waals surface area contributed by atoms with E-state index in [-0.39, 0.29) is 12.5 Å². The van der Waals surface area contributed by atoms with Crippen LogP contribution in [0.2, 0.25) is 5.02 Å². The summed E-state index contributed by atoms with van der Waals surface area (Å²) in [4.78, 5) is 17.4. The van der Waals surface area contributed by atoms with Gasteiger partial charge in [-0.3, -0.25) is 15.5 Å². The lowest BCUT2D eigenvalue weighted by Gasteiger charge is -2.19. The molecular formula is C12H16ClN3O2. The van der Waals surface area contributed by atoms with Crippen LogP contribution in [-0.2, 0) is 16.2 Å². The van der Waals surface area contributed by atoms with Gasteiger partial charge in [0, 0.05) is 10.6 Å². The van der Waals surface area contributed by atoms with Gasteiger partial charge in [-0.2, -0.15) is 0 Å². The van der Waals surface area contributed by atoms with Crippen LogP contribution in [0.4, 0.5) is 5.69 Å². The van der Waals surface area contributed by atoms with Crippen molar-refractivity contribution in [3.8, 4) is 0 Å². The summed E-state index contributed by atoms with van der Waals surface area (Å²) in [6.45, 7) is 4.36. The van der Waals surface area contributed by atoms with Gasteiger partial charge in [-0.05, 0) is 26.0 Å². The molecule has 0 aromatic heterocycles. The van der Waals surface area contributed by atoms with Crippen molar-refractivity contribution in [1.82, 2.24) is 5.06 Å². The number of nitrogens with one attached hydrogen (secondary N) is 1. The minimum absolute atomic E-state index is 0.0506. The van der Waals surface area contributed by atoms with Crippen LogP contribution in [0.5, 0.6) is 0 Å². The number of nitrogen functional groups attached to an aromatic ring is 1. The fraction of sp³-hybridized carbons (Fsp3) is 0.417. The first-order valence-corrected chi connectivity index (χ1v) is 6.02. The second kappa shape index (κ2) is 4.76. The van der Waals surface area contributed by atoms with E-state index in [1.165, 1.54) is 5.06 Å². The zero-order valence-corrected chi connectivity index (χ0v) is 11.1. The normalized spacial score (nSPS) is 18.2. The van der Waals surface area contributed by atoms with E-state index in [9.17, 15) is 4.79 Å². The third-order valence-electron chi connectivity index (χ3n) is 2.96. The number of hydroxylamine groups is 2. The molecule has 1 heterocycles. The van der Waals surface area contributed by atoms with Crippen molar-refractivity contribution in [3.05, 3.63) is 28.8 Å². The van der Waals surface area contributed by atoms with Crippen molar-refractivity contribution in [3.63, 3.8) is 0 Å². The third kappa shape index (κ3) is 2.29. The lowest BCUT2D eigenvalue weighted by molar-refractivity contribution is -0.165. The van der Waals surface area contributed by atoms with Crippen LogP contribution in [0.3, 0.4) is 0 Å². The van der Waals surface area contributed by atoms with Crippen LogP contribution in [0.1, 0.15) is 19.4 Å². The van der Waals surface area contributed by atoms with Gasteiger partial charge in [0.1, 0.15) is 0 Å². The van der Waals surface area contributed by atoms with Crippen LogP contribution in [0.25, 0.3) is 0 Å². The van der Waals surface area contributed by atoms with E-state index >= 15 is 0 Å². The Hall–Kier alpha value is -1.30. The Labute approximate surface area is 111 Å². The smallest absolute Gasteiger partial charge is 0.254 e. The first-order chi connectivity index (χ1) is 8.45. The topological polar surface area (TPSA) is 67.6 Å². The molecule has 0 atom stereocenters. The maximum absolute atomic E-state index is 12.0. The number of halogens is 1. The van der Waals surface area contributed by atoms with Crippen LogP contribution in [0.15, 0.2) is 18.2 Å². The quantitative estimate of drug-likeness (QED) is 0.650. The Morgan fingerprint density at radius 2 is 2.28 bits per heavy atom. The second-order valence-electron chi connectivity index (χ2n) is 4.91. The van der Waals surface area contributed by atoms with Gasteiger partial charge in [-0.1, -0.05) is 17.7 Å². The molecule has 0 saturated carbocycles. The Bertz CT molecular complexity index is 476. The monoisotopic (exact) mass is 269 g/mol. The number of nitrogens with two attached hydrogens (primary N) is 1. The summed E-state index contributed by atoms with van der Waals surface area (Å²) in [7, 11) is 0. The van der Waals surface area contributed by atoms with Crippen molar-refractivity contribution in [1.29, 1.82) is 0 Å². The van der Waals surface area contributed by atoms with E-state index in [1.54, 1.807) is 18.2 Å². The summed E-state index contributed by atoms with van der Waals surface area (Å²) in [5.41, 5.74) is 3.51. The minimum Gasteiger partial charge on any atom is -0.324 e. The number of benzene rings is 1. The predicted octanol–water partition coefficient (Wildman–Crippen LogP) is 1.93. The molecule has 1 fully saturated rings. The number of rotatable bonds is 3. The molecule has 0 radical (unpaired) electrons. The average Bonchev–Trinajstić information content (AvgIpc) is 2.58. The molecule has 1 amide bonds. The highest BCUT2D eigenvalue weighted by molar-refractivity contribution is 6.31. The Kier molecular flexibility index (Phi) is 3.47. The third-order valence-corrected chi connectivity index (χ3v) is 3.32. The number of hydrazine groups is 1. The SMILES string of the molecule is CC1(C)CON(Cc2c(Cl)cccc2NN)C1=O. The number of carbonyl (C=O) groups excluding carboxylic acids is 1. The summed E-state index contributed by atoms with van der Waals surface area (Å²) in [5, 5.41) is 1.88. The summed E-state index contributed by atoms with van der Waals surface area (Å²) < 4.78 is 0. The summed E-state index contributed by atoms with van der Waals surface area (Å²) >= 11 is 6.12. The van der Waals surface area contributed by atoms with Crippen molar-refractivity contribution in [2.24, 2.45) is 11.3 Å². The molecule has 1 aliphatic rings. The van der Waals surface area contributed by atoms with Crippen molar-refractivity contribution in [2.75, 3.05) is 12.0 Å². The Morgan fingerprint density at radius 1 is 1.56 bits per heavy atom. The van der Waals surface area contributed by atoms with Crippen LogP contribution < -0.4 is 11.3 Å². The molecule has 1 aliphatic heterocycles. The Balaban J connectivity index is 2.23. The van der Waals surface area contributed by atoms with Gasteiger partial charge in [-0.25, -0.2) is 5.06 Å². The fourth-order valence-corrected chi connectivity index (χ4v) is 2.05. The molecule has 1 saturated heterocycles. The van der Waals surface area contributed by atoms with E-state index < -0.39 is 5.41 Å². The highest BCUT2D eigenvalue weighted by Gasteiger charge is 2.40. The largest absolute Gasteiger partial charge is 0.324 e. The maximum Gasteiger partial charge on any atom is 0.254 e. The molecule has 1 aromatic rings. The lowest BCUT2D eigenvalue weighted by Crippen LogP contribution is -2.30. The summed E-state index contributed by atoms with van der Waals surface area (Å²) in [5.74, 6) is 5.38. The van der Waals surface area contributed by atoms with Crippen LogP contribution >= 0.6 is 11.6 Å². The summed E-state index contributed by atoms with van der Waals surface area (Å²) in [6, 6.07) is 5.34. The molecule has 0 unspecified atom stereocenters. The molecule has 98 valence electrons. The standard InChI is InChI=1S/C12H16ClN3O2/c1-12(2)7-18-16(11(12)17)6-8-9(13)4-3-5-10(8)15-14/h3-5,15H,6-7,14H2,1-2H3. The van der Waals surface area contributed by atoms with E-state index in [1.807, 2.05) is 13.8 Å². The van der Waals surface area contributed by atoms with Crippen LogP contribution in [0, 0.1) is 5.41 Å². The highest BCUT2D eigenvalue weighted by Crippen LogP contribution is 2.31. The molecule has 5 nitrogen and oxygen atoms in total. The van der Waals surface area contributed by atoms with Gasteiger partial charge in [0.25, 0.3) is 5.91 Å². The maximum atomic E-state index is 12.0. The zero-order chi connectivity index (χ0) is 13.3. The second-order valence-corrected chi connectivity index (χ2v) is 5.32. The molecule has 0 spiro atoms. The van der Waals surface area contributed by atoms with E-state index in [0.29, 0.717) is 17.3 Å². The lowest BCUT2D eigenvalue weighted by atomic mass is 9.95. The number of nitrogens with zero attached hydrogens (tertiary/aromatic N) is 1. The number of hydrogen-bond donors (Lipinski definition) is 2. The molecule has 2 rings (SSSR count). The Morgan fingerprint density at radius 3 is 2.83 bits per heavy atom. The number of hydrogen-bond acceptors (Lipinski definition) is 4. The minimum atomic E-state index is -0.489. The average molecular weight is 270 g/mol. The number of amides is 1. The first-order valence-electron chi connectivity index (χ1n) is 5.64. The van der Waals surface area contributed by atoms with Crippen LogP contribution in [-0.4, -0.2) is 17.6 Å². The first kappa shape index (κ1) is 13.1. The highest BCUT2D eigenvalue weighted by atomic mass is 35.5. The molecule has 0 bridgehead atoms. The summed E-state index contributed by atoms with van der Waals surface area (Å²) in [6.07, 6.45) is 0. The van der Waals surface area contributed by atoms with Gasteiger partial charge < -0.3 is 5.43 Å². The predicted molar refractivity (Wildman–Crippen MR) is 69.5 cm³/mol. The number of anilines is 1. The molecule has 0 aliphatic carbocycles. The zero-order valence-electron chi connectivity index (χ0n) is 10.4. The van der Waals surface area contributed by atoms with Crippen molar-refractivity contribution >= 4 is 23.2 Å². The molecule has 6 heteroatoms. The molecular weight excluding hydrogens is 254 g/mol. The number of carbonyl (C=O) groups is 1. The van der Waals surface area contributed by atoms with Gasteiger partial charge in [0.15, 0.2) is 0 Å². The molecule has 1 aromatic carbocycles. The van der Waals surface area contributed by atoms with Gasteiger partial charge in [0.05, 0.1) is 24.3 Å².